The summed E-state index contributed by atoms with van der Waals surface area (Å²) in [5.41, 5.74) is 0.683. The van der Waals surface area contributed by atoms with E-state index in [1.54, 1.807) is 6.07 Å². The minimum Gasteiger partial charge on any atom is -0.310 e. The lowest BCUT2D eigenvalue weighted by atomic mass is 10.2. The van der Waals surface area contributed by atoms with Crippen LogP contribution in [0, 0.1) is 11.7 Å². The van der Waals surface area contributed by atoms with Crippen LogP contribution in [-0.4, -0.2) is 14.8 Å². The molecule has 102 valence electrons. The molecule has 0 spiro atoms. The molecule has 0 unspecified atom stereocenters. The third kappa shape index (κ3) is 3.15. The number of hydrogen-bond acceptors (Lipinski definition) is 2. The Hall–Kier alpha value is -0.940. The van der Waals surface area contributed by atoms with Crippen LogP contribution in [-0.2, 0) is 11.9 Å². The molecule has 19 heavy (non-hydrogen) atoms. The van der Waals surface area contributed by atoms with Crippen molar-refractivity contribution in [3.05, 3.63) is 34.9 Å². The third-order valence-corrected chi connectivity index (χ3v) is 3.48. The minimum atomic E-state index is -0.446. The molecule has 0 saturated heterocycles. The Morgan fingerprint density at radius 2 is 2.11 bits per heavy atom. The highest BCUT2D eigenvalue weighted by atomic mass is 79.9. The van der Waals surface area contributed by atoms with Gasteiger partial charge in [-0.3, -0.25) is 0 Å². The van der Waals surface area contributed by atoms with Gasteiger partial charge in [0.25, 0.3) is 0 Å². The van der Waals surface area contributed by atoms with Crippen molar-refractivity contribution >= 4 is 27.5 Å². The zero-order chi connectivity index (χ0) is 14.0. The van der Waals surface area contributed by atoms with Gasteiger partial charge in [-0.2, -0.15) is 0 Å². The standard InChI is InChI=1S/C13H14BrClFN3/c1-8(2)7-19-12(6-14)17-18-13(19)9-3-4-10(15)11(16)5-9/h3-5,8H,6-7H2,1-2H3. The molecule has 1 heterocycles. The fourth-order valence-corrected chi connectivity index (χ4v) is 2.37. The highest BCUT2D eigenvalue weighted by Gasteiger charge is 2.15. The first-order chi connectivity index (χ1) is 9.02. The number of rotatable bonds is 4. The van der Waals surface area contributed by atoms with Gasteiger partial charge < -0.3 is 4.57 Å². The fourth-order valence-electron chi connectivity index (χ4n) is 1.84. The van der Waals surface area contributed by atoms with Crippen LogP contribution in [0.3, 0.4) is 0 Å². The summed E-state index contributed by atoms with van der Waals surface area (Å²) in [6.45, 7) is 5.02. The van der Waals surface area contributed by atoms with Gasteiger partial charge in [-0.05, 0) is 24.1 Å². The smallest absolute Gasteiger partial charge is 0.164 e. The number of benzene rings is 1. The Bertz CT molecular complexity index is 583. The van der Waals surface area contributed by atoms with Crippen molar-refractivity contribution in [2.75, 3.05) is 0 Å². The molecule has 6 heteroatoms. The normalized spacial score (nSPS) is 11.3. The lowest BCUT2D eigenvalue weighted by molar-refractivity contribution is 0.516. The Morgan fingerprint density at radius 3 is 2.68 bits per heavy atom. The molecule has 0 fully saturated rings. The van der Waals surface area contributed by atoms with E-state index in [1.807, 2.05) is 4.57 Å². The van der Waals surface area contributed by atoms with Gasteiger partial charge in [0.05, 0.1) is 10.4 Å². The van der Waals surface area contributed by atoms with Crippen molar-refractivity contribution in [2.45, 2.75) is 25.7 Å². The molecule has 0 aliphatic carbocycles. The zero-order valence-electron chi connectivity index (χ0n) is 10.7. The molecule has 2 rings (SSSR count). The van der Waals surface area contributed by atoms with E-state index in [-0.39, 0.29) is 5.02 Å². The van der Waals surface area contributed by atoms with Gasteiger partial charge in [-0.25, -0.2) is 4.39 Å². The van der Waals surface area contributed by atoms with Gasteiger partial charge >= 0.3 is 0 Å². The minimum absolute atomic E-state index is 0.111. The van der Waals surface area contributed by atoms with E-state index in [9.17, 15) is 4.39 Å². The van der Waals surface area contributed by atoms with Crippen LogP contribution in [0.15, 0.2) is 18.2 Å². The summed E-state index contributed by atoms with van der Waals surface area (Å²) in [6, 6.07) is 4.68. The van der Waals surface area contributed by atoms with Crippen LogP contribution < -0.4 is 0 Å². The Kier molecular flexibility index (Phi) is 4.58. The van der Waals surface area contributed by atoms with Gasteiger partial charge in [0.15, 0.2) is 5.82 Å². The van der Waals surface area contributed by atoms with Crippen LogP contribution in [0.5, 0.6) is 0 Å². The predicted octanol–water partition coefficient (Wildman–Crippen LogP) is 4.29. The van der Waals surface area contributed by atoms with Crippen molar-refractivity contribution < 1.29 is 4.39 Å². The SMILES string of the molecule is CC(C)Cn1c(CBr)nnc1-c1ccc(Cl)c(F)c1. The van der Waals surface area contributed by atoms with Gasteiger partial charge in [0.1, 0.15) is 11.6 Å². The van der Waals surface area contributed by atoms with Crippen molar-refractivity contribution in [1.29, 1.82) is 0 Å². The molecular weight excluding hydrogens is 333 g/mol. The van der Waals surface area contributed by atoms with Crippen molar-refractivity contribution in [3.8, 4) is 11.4 Å². The van der Waals surface area contributed by atoms with Crippen LogP contribution >= 0.6 is 27.5 Å². The number of halogens is 3. The zero-order valence-corrected chi connectivity index (χ0v) is 13.0. The summed E-state index contributed by atoms with van der Waals surface area (Å²) in [4.78, 5) is 0. The highest BCUT2D eigenvalue weighted by Crippen LogP contribution is 2.24. The molecule has 0 bridgehead atoms. The molecule has 1 aromatic carbocycles. The van der Waals surface area contributed by atoms with E-state index in [2.05, 4.69) is 40.0 Å². The van der Waals surface area contributed by atoms with Crippen LogP contribution in [0.2, 0.25) is 5.02 Å². The largest absolute Gasteiger partial charge is 0.310 e. The second-order valence-corrected chi connectivity index (χ2v) is 5.67. The molecule has 0 radical (unpaired) electrons. The van der Waals surface area contributed by atoms with E-state index in [0.29, 0.717) is 22.6 Å². The summed E-state index contributed by atoms with van der Waals surface area (Å²) in [7, 11) is 0. The number of nitrogens with zero attached hydrogens (tertiary/aromatic N) is 3. The van der Waals surface area contributed by atoms with E-state index in [4.69, 9.17) is 11.6 Å². The third-order valence-electron chi connectivity index (χ3n) is 2.67. The van der Waals surface area contributed by atoms with Crippen LogP contribution in [0.4, 0.5) is 4.39 Å². The van der Waals surface area contributed by atoms with E-state index < -0.39 is 5.82 Å². The molecule has 1 aromatic heterocycles. The predicted molar refractivity (Wildman–Crippen MR) is 77.9 cm³/mol. The Morgan fingerprint density at radius 1 is 1.37 bits per heavy atom. The van der Waals surface area contributed by atoms with E-state index >= 15 is 0 Å². The summed E-state index contributed by atoms with van der Waals surface area (Å²) < 4.78 is 15.6. The Balaban J connectivity index is 2.48. The maximum atomic E-state index is 13.5. The van der Waals surface area contributed by atoms with Crippen LogP contribution in [0.25, 0.3) is 11.4 Å². The maximum absolute atomic E-state index is 13.5. The fraction of sp³-hybridized carbons (Fsp3) is 0.385. The van der Waals surface area contributed by atoms with Gasteiger partial charge in [0, 0.05) is 12.1 Å². The van der Waals surface area contributed by atoms with Crippen LogP contribution in [0.1, 0.15) is 19.7 Å². The topological polar surface area (TPSA) is 30.7 Å². The Labute approximate surface area is 124 Å². The first-order valence-corrected chi connectivity index (χ1v) is 7.46. The summed E-state index contributed by atoms with van der Waals surface area (Å²) in [6.07, 6.45) is 0. The van der Waals surface area contributed by atoms with Gasteiger partial charge in [-0.15, -0.1) is 10.2 Å². The molecule has 0 N–H and O–H groups in total. The van der Waals surface area contributed by atoms with Crippen molar-refractivity contribution in [2.24, 2.45) is 5.92 Å². The first kappa shape index (κ1) is 14.5. The molecule has 0 atom stereocenters. The second-order valence-electron chi connectivity index (χ2n) is 4.71. The summed E-state index contributed by atoms with van der Waals surface area (Å²) >= 11 is 9.09. The summed E-state index contributed by atoms with van der Waals surface area (Å²) in [5, 5.41) is 9.01. The highest BCUT2D eigenvalue weighted by molar-refractivity contribution is 9.08. The van der Waals surface area contributed by atoms with Gasteiger partial charge in [0.2, 0.25) is 0 Å². The molecule has 0 aliphatic heterocycles. The molecule has 0 aliphatic rings. The summed E-state index contributed by atoms with van der Waals surface area (Å²) in [5.74, 6) is 1.50. The molecule has 0 saturated carbocycles. The number of aromatic nitrogens is 3. The van der Waals surface area contributed by atoms with E-state index in [0.717, 1.165) is 12.4 Å². The average Bonchev–Trinajstić information content (AvgIpc) is 2.75. The monoisotopic (exact) mass is 345 g/mol. The lowest BCUT2D eigenvalue weighted by Crippen LogP contribution is -2.09. The molecule has 2 aromatic rings. The second kappa shape index (κ2) is 6.01. The quantitative estimate of drug-likeness (QED) is 0.773. The van der Waals surface area contributed by atoms with E-state index in [1.165, 1.54) is 12.1 Å². The van der Waals surface area contributed by atoms with Gasteiger partial charge in [-0.1, -0.05) is 41.4 Å². The average molecular weight is 347 g/mol. The maximum Gasteiger partial charge on any atom is 0.164 e. The lowest BCUT2D eigenvalue weighted by Gasteiger charge is -2.12. The van der Waals surface area contributed by atoms with Crippen molar-refractivity contribution in [3.63, 3.8) is 0 Å². The molecule has 0 amide bonds. The number of hydrogen-bond donors (Lipinski definition) is 0. The van der Waals surface area contributed by atoms with Crippen molar-refractivity contribution in [1.82, 2.24) is 14.8 Å². The number of alkyl halides is 1. The molecule has 3 nitrogen and oxygen atoms in total. The first-order valence-electron chi connectivity index (χ1n) is 5.96. The molecular formula is C13H14BrClFN3.